The van der Waals surface area contributed by atoms with E-state index in [0.717, 1.165) is 30.2 Å². The van der Waals surface area contributed by atoms with E-state index in [4.69, 9.17) is 5.73 Å². The van der Waals surface area contributed by atoms with E-state index < -0.39 is 0 Å². The van der Waals surface area contributed by atoms with E-state index in [1.165, 1.54) is 11.3 Å². The van der Waals surface area contributed by atoms with Gasteiger partial charge in [0.05, 0.1) is 5.69 Å². The Balaban J connectivity index is 2.29. The van der Waals surface area contributed by atoms with Crippen molar-refractivity contribution >= 4 is 5.69 Å². The second-order valence-electron chi connectivity index (χ2n) is 3.89. The molecule has 0 atom stereocenters. The van der Waals surface area contributed by atoms with E-state index in [0.29, 0.717) is 0 Å². The fraction of sp³-hybridized carbons (Fsp3) is 0.273. The highest BCUT2D eigenvalue weighted by molar-refractivity contribution is 5.53. The van der Waals surface area contributed by atoms with Crippen molar-refractivity contribution in [1.82, 2.24) is 14.8 Å². The smallest absolute Gasteiger partial charge is 0.137 e. The van der Waals surface area contributed by atoms with Crippen LogP contribution in [0.1, 0.15) is 17.2 Å². The number of rotatable bonds is 0. The van der Waals surface area contributed by atoms with Crippen LogP contribution < -0.4 is 5.73 Å². The zero-order chi connectivity index (χ0) is 10.4. The third kappa shape index (κ3) is 1.14. The Morgan fingerprint density at radius 3 is 3.00 bits per heavy atom. The lowest BCUT2D eigenvalue weighted by Crippen LogP contribution is -2.13. The quantitative estimate of drug-likeness (QED) is 0.651. The summed E-state index contributed by atoms with van der Waals surface area (Å²) in [7, 11) is 0. The van der Waals surface area contributed by atoms with Crippen molar-refractivity contribution in [2.45, 2.75) is 19.8 Å². The fourth-order valence-corrected chi connectivity index (χ4v) is 2.15. The molecule has 2 N–H and O–H groups in total. The van der Waals surface area contributed by atoms with Crippen LogP contribution >= 0.6 is 0 Å². The summed E-state index contributed by atoms with van der Waals surface area (Å²) in [5.41, 5.74) is 9.05. The van der Waals surface area contributed by atoms with Crippen molar-refractivity contribution in [3.8, 4) is 5.69 Å². The number of nitrogens with zero attached hydrogens (tertiary/aromatic N) is 3. The Kier molecular flexibility index (Phi) is 1.59. The molecule has 0 fully saturated rings. The minimum absolute atomic E-state index is 0.822. The topological polar surface area (TPSA) is 56.7 Å². The van der Waals surface area contributed by atoms with Crippen LogP contribution in [-0.2, 0) is 12.8 Å². The average Bonchev–Trinajstić information content (AvgIpc) is 2.60. The van der Waals surface area contributed by atoms with Crippen molar-refractivity contribution < 1.29 is 0 Å². The average molecular weight is 200 g/mol. The maximum Gasteiger partial charge on any atom is 0.137 e. The summed E-state index contributed by atoms with van der Waals surface area (Å²) >= 11 is 0. The van der Waals surface area contributed by atoms with Crippen LogP contribution in [0.25, 0.3) is 5.69 Å². The van der Waals surface area contributed by atoms with Gasteiger partial charge in [-0.2, -0.15) is 0 Å². The lowest BCUT2D eigenvalue weighted by Gasteiger charge is -2.18. The molecule has 0 saturated carbocycles. The number of anilines is 1. The predicted molar refractivity (Wildman–Crippen MR) is 57.9 cm³/mol. The van der Waals surface area contributed by atoms with E-state index in [2.05, 4.69) is 14.8 Å². The van der Waals surface area contributed by atoms with Gasteiger partial charge in [-0.15, -0.1) is 10.2 Å². The van der Waals surface area contributed by atoms with E-state index in [1.54, 1.807) is 0 Å². The normalized spacial score (nSPS) is 13.4. The molecule has 1 aliphatic rings. The van der Waals surface area contributed by atoms with Gasteiger partial charge in [0.1, 0.15) is 11.6 Å². The Morgan fingerprint density at radius 2 is 2.13 bits per heavy atom. The molecule has 76 valence electrons. The number of aryl methyl sites for hydroxylation is 3. The van der Waals surface area contributed by atoms with E-state index in [9.17, 15) is 0 Å². The maximum absolute atomic E-state index is 5.77. The SMILES string of the molecule is Cc1nnc2n1-c1ccc(N)cc1CC2. The van der Waals surface area contributed by atoms with Crippen molar-refractivity contribution in [2.24, 2.45) is 0 Å². The summed E-state index contributed by atoms with van der Waals surface area (Å²) in [6, 6.07) is 6.01. The van der Waals surface area contributed by atoms with Gasteiger partial charge >= 0.3 is 0 Å². The first kappa shape index (κ1) is 8.47. The van der Waals surface area contributed by atoms with E-state index >= 15 is 0 Å². The number of hydrogen-bond donors (Lipinski definition) is 1. The van der Waals surface area contributed by atoms with Crippen LogP contribution in [0.2, 0.25) is 0 Å². The van der Waals surface area contributed by atoms with Gasteiger partial charge in [-0.25, -0.2) is 0 Å². The Bertz CT molecular complexity index is 527. The van der Waals surface area contributed by atoms with Crippen LogP contribution in [0.3, 0.4) is 0 Å². The third-order valence-corrected chi connectivity index (χ3v) is 2.85. The van der Waals surface area contributed by atoms with Crippen LogP contribution in [0, 0.1) is 6.92 Å². The third-order valence-electron chi connectivity index (χ3n) is 2.85. The van der Waals surface area contributed by atoms with Gasteiger partial charge in [-0.05, 0) is 37.1 Å². The molecule has 4 nitrogen and oxygen atoms in total. The molecule has 15 heavy (non-hydrogen) atoms. The highest BCUT2D eigenvalue weighted by Crippen LogP contribution is 2.26. The highest BCUT2D eigenvalue weighted by atomic mass is 15.3. The predicted octanol–water partition coefficient (Wildman–Crippen LogP) is 1.26. The van der Waals surface area contributed by atoms with Gasteiger partial charge in [0, 0.05) is 12.1 Å². The standard InChI is InChI=1S/C11H12N4/c1-7-13-14-11-5-2-8-6-9(12)3-4-10(8)15(7)11/h3-4,6H,2,5,12H2,1H3. The van der Waals surface area contributed by atoms with Crippen LogP contribution in [0.4, 0.5) is 5.69 Å². The zero-order valence-electron chi connectivity index (χ0n) is 8.57. The van der Waals surface area contributed by atoms with E-state index in [1.807, 2.05) is 25.1 Å². The summed E-state index contributed by atoms with van der Waals surface area (Å²) < 4.78 is 2.11. The first-order valence-corrected chi connectivity index (χ1v) is 5.05. The second-order valence-corrected chi connectivity index (χ2v) is 3.89. The molecule has 0 radical (unpaired) electrons. The molecule has 0 saturated heterocycles. The van der Waals surface area contributed by atoms with Gasteiger partial charge in [-0.1, -0.05) is 0 Å². The van der Waals surface area contributed by atoms with Crippen molar-refractivity contribution in [1.29, 1.82) is 0 Å². The molecular weight excluding hydrogens is 188 g/mol. The number of nitrogen functional groups attached to an aromatic ring is 1. The summed E-state index contributed by atoms with van der Waals surface area (Å²) in [4.78, 5) is 0. The molecular formula is C11H12N4. The molecule has 3 rings (SSSR count). The highest BCUT2D eigenvalue weighted by Gasteiger charge is 2.18. The molecule has 0 bridgehead atoms. The minimum atomic E-state index is 0.822. The Hall–Kier alpha value is -1.84. The number of fused-ring (bicyclic) bond motifs is 3. The Morgan fingerprint density at radius 1 is 1.27 bits per heavy atom. The van der Waals surface area contributed by atoms with Gasteiger partial charge in [0.2, 0.25) is 0 Å². The lowest BCUT2D eigenvalue weighted by atomic mass is 10.0. The molecule has 4 heteroatoms. The molecule has 0 amide bonds. The summed E-state index contributed by atoms with van der Waals surface area (Å²) in [5.74, 6) is 1.99. The maximum atomic E-state index is 5.77. The van der Waals surface area contributed by atoms with Crippen LogP contribution in [0.5, 0.6) is 0 Å². The molecule has 0 unspecified atom stereocenters. The van der Waals surface area contributed by atoms with Gasteiger partial charge in [0.15, 0.2) is 0 Å². The molecule has 1 aliphatic heterocycles. The molecule has 1 aromatic carbocycles. The van der Waals surface area contributed by atoms with Crippen LogP contribution in [0.15, 0.2) is 18.2 Å². The summed E-state index contributed by atoms with van der Waals surface area (Å²) in [5, 5.41) is 8.26. The second kappa shape index (κ2) is 2.82. The largest absolute Gasteiger partial charge is 0.399 e. The van der Waals surface area contributed by atoms with Crippen LogP contribution in [-0.4, -0.2) is 14.8 Å². The lowest BCUT2D eigenvalue weighted by molar-refractivity contribution is 0.767. The number of nitrogens with two attached hydrogens (primary N) is 1. The van der Waals surface area contributed by atoms with Gasteiger partial charge < -0.3 is 5.73 Å². The van der Waals surface area contributed by atoms with Crippen molar-refractivity contribution in [3.05, 3.63) is 35.4 Å². The first-order chi connectivity index (χ1) is 7.25. The van der Waals surface area contributed by atoms with Gasteiger partial charge in [0.25, 0.3) is 0 Å². The summed E-state index contributed by atoms with van der Waals surface area (Å²) in [6.45, 7) is 1.97. The number of hydrogen-bond acceptors (Lipinski definition) is 3. The molecule has 2 aromatic rings. The minimum Gasteiger partial charge on any atom is -0.399 e. The molecule has 0 aliphatic carbocycles. The Labute approximate surface area is 87.7 Å². The van der Waals surface area contributed by atoms with Crippen molar-refractivity contribution in [2.75, 3.05) is 5.73 Å². The van der Waals surface area contributed by atoms with E-state index in [-0.39, 0.29) is 0 Å². The van der Waals surface area contributed by atoms with Gasteiger partial charge in [-0.3, -0.25) is 4.57 Å². The molecule has 1 aromatic heterocycles. The molecule has 2 heterocycles. The summed E-state index contributed by atoms with van der Waals surface area (Å²) in [6.07, 6.45) is 1.94. The van der Waals surface area contributed by atoms with Crippen molar-refractivity contribution in [3.63, 3.8) is 0 Å². The monoisotopic (exact) mass is 200 g/mol. The first-order valence-electron chi connectivity index (χ1n) is 5.05. The fourth-order valence-electron chi connectivity index (χ4n) is 2.15. The number of aromatic nitrogens is 3. The zero-order valence-corrected chi connectivity index (χ0v) is 8.57. The molecule has 0 spiro atoms. The number of benzene rings is 1.